The molecule has 1 unspecified atom stereocenters. The number of aromatic nitrogens is 3. The van der Waals surface area contributed by atoms with Crippen molar-refractivity contribution in [1.29, 1.82) is 0 Å². The summed E-state index contributed by atoms with van der Waals surface area (Å²) in [5.41, 5.74) is 3.91. The maximum Gasteiger partial charge on any atom is 0.138 e. The number of fused-ring (bicyclic) bond motifs is 1. The van der Waals surface area contributed by atoms with Crippen LogP contribution in [0.5, 0.6) is 0 Å². The minimum atomic E-state index is 0.258. The molecule has 3 rings (SSSR count). The zero-order chi connectivity index (χ0) is 13.9. The standard InChI is InChI=1S/C15H20N4O/c1-3-16-14(7-15-17-10-18-19(15)2)11-4-5-12-8-20-9-13(12)6-11/h4-6,10,14,16H,3,7-9H2,1-2H3. The van der Waals surface area contributed by atoms with Gasteiger partial charge in [0.1, 0.15) is 12.2 Å². The molecular formula is C15H20N4O. The number of rotatable bonds is 5. The lowest BCUT2D eigenvalue weighted by Gasteiger charge is -2.18. The Morgan fingerprint density at radius 1 is 1.35 bits per heavy atom. The maximum atomic E-state index is 5.49. The van der Waals surface area contributed by atoms with Crippen LogP contribution < -0.4 is 5.32 Å². The second-order valence-corrected chi connectivity index (χ2v) is 5.14. The molecule has 1 N–H and O–H groups in total. The summed E-state index contributed by atoms with van der Waals surface area (Å²) in [6, 6.07) is 6.89. The molecule has 0 fully saturated rings. The number of nitrogens with one attached hydrogen (secondary N) is 1. The first-order chi connectivity index (χ1) is 9.78. The lowest BCUT2D eigenvalue weighted by molar-refractivity contribution is 0.134. The fourth-order valence-corrected chi connectivity index (χ4v) is 2.65. The van der Waals surface area contributed by atoms with Crippen LogP contribution in [0.15, 0.2) is 24.5 Å². The third kappa shape index (κ3) is 2.59. The predicted octanol–water partition coefficient (Wildman–Crippen LogP) is 1.74. The van der Waals surface area contributed by atoms with Crippen LogP contribution in [0.1, 0.15) is 35.5 Å². The molecule has 1 atom stereocenters. The molecular weight excluding hydrogens is 252 g/mol. The van der Waals surface area contributed by atoms with E-state index in [4.69, 9.17) is 4.74 Å². The normalized spacial score (nSPS) is 15.3. The molecule has 2 aromatic rings. The molecule has 20 heavy (non-hydrogen) atoms. The fourth-order valence-electron chi connectivity index (χ4n) is 2.65. The third-order valence-electron chi connectivity index (χ3n) is 3.79. The van der Waals surface area contributed by atoms with Gasteiger partial charge in [-0.2, -0.15) is 5.10 Å². The fraction of sp³-hybridized carbons (Fsp3) is 0.467. The van der Waals surface area contributed by atoms with Gasteiger partial charge in [0.15, 0.2) is 0 Å². The highest BCUT2D eigenvalue weighted by Gasteiger charge is 2.17. The zero-order valence-corrected chi connectivity index (χ0v) is 12.0. The largest absolute Gasteiger partial charge is 0.372 e. The van der Waals surface area contributed by atoms with Crippen molar-refractivity contribution in [2.24, 2.45) is 7.05 Å². The van der Waals surface area contributed by atoms with Gasteiger partial charge in [-0.15, -0.1) is 0 Å². The number of likely N-dealkylation sites (N-methyl/N-ethyl adjacent to an activating group) is 1. The van der Waals surface area contributed by atoms with Crippen molar-refractivity contribution in [1.82, 2.24) is 20.1 Å². The Bertz CT molecular complexity index is 593. The van der Waals surface area contributed by atoms with Crippen LogP contribution >= 0.6 is 0 Å². The Kier molecular flexibility index (Phi) is 3.80. The first-order valence-electron chi connectivity index (χ1n) is 7.03. The van der Waals surface area contributed by atoms with Crippen LogP contribution in [0.2, 0.25) is 0 Å². The quantitative estimate of drug-likeness (QED) is 0.901. The summed E-state index contributed by atoms with van der Waals surface area (Å²) in [6.07, 6.45) is 2.44. The topological polar surface area (TPSA) is 52.0 Å². The van der Waals surface area contributed by atoms with E-state index in [-0.39, 0.29) is 6.04 Å². The van der Waals surface area contributed by atoms with Crippen molar-refractivity contribution in [3.8, 4) is 0 Å². The van der Waals surface area contributed by atoms with Crippen LogP contribution in [0, 0.1) is 0 Å². The molecule has 0 bridgehead atoms. The van der Waals surface area contributed by atoms with Gasteiger partial charge in [-0.3, -0.25) is 4.68 Å². The molecule has 5 heteroatoms. The average Bonchev–Trinajstić information content (AvgIpc) is 3.06. The van der Waals surface area contributed by atoms with Crippen molar-refractivity contribution < 1.29 is 4.74 Å². The Balaban J connectivity index is 1.84. The van der Waals surface area contributed by atoms with Crippen LogP contribution in [-0.2, 0) is 31.4 Å². The summed E-state index contributed by atoms with van der Waals surface area (Å²) in [4.78, 5) is 4.32. The zero-order valence-electron chi connectivity index (χ0n) is 12.0. The number of hydrogen-bond donors (Lipinski definition) is 1. The van der Waals surface area contributed by atoms with Gasteiger partial charge in [-0.05, 0) is 23.2 Å². The van der Waals surface area contributed by atoms with E-state index in [9.17, 15) is 0 Å². The lowest BCUT2D eigenvalue weighted by atomic mass is 9.98. The van der Waals surface area contributed by atoms with Crippen molar-refractivity contribution >= 4 is 0 Å². The minimum absolute atomic E-state index is 0.258. The van der Waals surface area contributed by atoms with Crippen molar-refractivity contribution in [2.75, 3.05) is 6.54 Å². The predicted molar refractivity (Wildman–Crippen MR) is 76.1 cm³/mol. The van der Waals surface area contributed by atoms with E-state index in [2.05, 4.69) is 40.5 Å². The molecule has 0 amide bonds. The van der Waals surface area contributed by atoms with Crippen LogP contribution in [-0.4, -0.2) is 21.3 Å². The van der Waals surface area contributed by atoms with E-state index in [1.807, 2.05) is 11.7 Å². The van der Waals surface area contributed by atoms with Gasteiger partial charge in [0.25, 0.3) is 0 Å². The summed E-state index contributed by atoms with van der Waals surface area (Å²) in [5.74, 6) is 0.993. The van der Waals surface area contributed by atoms with Gasteiger partial charge >= 0.3 is 0 Å². The Hall–Kier alpha value is -1.72. The number of aryl methyl sites for hydroxylation is 1. The second-order valence-electron chi connectivity index (χ2n) is 5.14. The van der Waals surface area contributed by atoms with E-state index >= 15 is 0 Å². The molecule has 106 valence electrons. The van der Waals surface area contributed by atoms with Gasteiger partial charge in [-0.25, -0.2) is 4.98 Å². The first-order valence-corrected chi connectivity index (χ1v) is 7.03. The molecule has 0 saturated carbocycles. The summed E-state index contributed by atoms with van der Waals surface area (Å²) in [7, 11) is 1.93. The molecule has 1 aromatic heterocycles. The number of ether oxygens (including phenoxy) is 1. The summed E-state index contributed by atoms with van der Waals surface area (Å²) in [6.45, 7) is 4.52. The molecule has 5 nitrogen and oxygen atoms in total. The number of nitrogens with zero attached hydrogens (tertiary/aromatic N) is 3. The van der Waals surface area contributed by atoms with Crippen molar-refractivity contribution in [3.05, 3.63) is 47.0 Å². The van der Waals surface area contributed by atoms with E-state index in [0.717, 1.165) is 32.0 Å². The monoisotopic (exact) mass is 272 g/mol. The van der Waals surface area contributed by atoms with Gasteiger partial charge in [0.05, 0.1) is 13.2 Å². The van der Waals surface area contributed by atoms with Crippen LogP contribution in [0.25, 0.3) is 0 Å². The molecule has 0 spiro atoms. The highest BCUT2D eigenvalue weighted by atomic mass is 16.5. The summed E-state index contributed by atoms with van der Waals surface area (Å²) < 4.78 is 7.32. The molecule has 0 radical (unpaired) electrons. The van der Waals surface area contributed by atoms with E-state index in [1.54, 1.807) is 6.33 Å². The minimum Gasteiger partial charge on any atom is -0.372 e. The maximum absolute atomic E-state index is 5.49. The highest BCUT2D eigenvalue weighted by molar-refractivity contribution is 5.35. The average molecular weight is 272 g/mol. The van der Waals surface area contributed by atoms with Crippen molar-refractivity contribution in [2.45, 2.75) is 32.6 Å². The van der Waals surface area contributed by atoms with Gasteiger partial charge in [-0.1, -0.05) is 25.1 Å². The summed E-state index contributed by atoms with van der Waals surface area (Å²) in [5, 5.41) is 7.67. The lowest BCUT2D eigenvalue weighted by Crippen LogP contribution is -2.24. The van der Waals surface area contributed by atoms with Crippen molar-refractivity contribution in [3.63, 3.8) is 0 Å². The van der Waals surface area contributed by atoms with Gasteiger partial charge < -0.3 is 10.1 Å². The first kappa shape index (κ1) is 13.3. The van der Waals surface area contributed by atoms with Crippen LogP contribution in [0.4, 0.5) is 0 Å². The molecule has 1 aliphatic rings. The molecule has 0 saturated heterocycles. The molecule has 2 heterocycles. The van der Waals surface area contributed by atoms with E-state index in [0.29, 0.717) is 0 Å². The van der Waals surface area contributed by atoms with Crippen LogP contribution in [0.3, 0.4) is 0 Å². The SMILES string of the molecule is CCNC(Cc1ncnn1C)c1ccc2c(c1)COC2. The Morgan fingerprint density at radius 3 is 2.95 bits per heavy atom. The van der Waals surface area contributed by atoms with Gasteiger partial charge in [0.2, 0.25) is 0 Å². The van der Waals surface area contributed by atoms with E-state index < -0.39 is 0 Å². The highest BCUT2D eigenvalue weighted by Crippen LogP contribution is 2.25. The molecule has 1 aliphatic heterocycles. The third-order valence-corrected chi connectivity index (χ3v) is 3.79. The Morgan fingerprint density at radius 2 is 2.20 bits per heavy atom. The van der Waals surface area contributed by atoms with Gasteiger partial charge in [0, 0.05) is 19.5 Å². The summed E-state index contributed by atoms with van der Waals surface area (Å²) >= 11 is 0. The smallest absolute Gasteiger partial charge is 0.138 e. The van der Waals surface area contributed by atoms with E-state index in [1.165, 1.54) is 16.7 Å². The molecule has 0 aliphatic carbocycles. The Labute approximate surface area is 119 Å². The number of hydrogen-bond acceptors (Lipinski definition) is 4. The second kappa shape index (κ2) is 5.73. The molecule has 1 aromatic carbocycles. The number of benzene rings is 1.